The van der Waals surface area contributed by atoms with Gasteiger partial charge in [0.2, 0.25) is 5.88 Å². The van der Waals surface area contributed by atoms with Gasteiger partial charge < -0.3 is 38.9 Å². The van der Waals surface area contributed by atoms with Crippen LogP contribution in [0.2, 0.25) is 0 Å². The fourth-order valence-corrected chi connectivity index (χ4v) is 4.01. The van der Waals surface area contributed by atoms with E-state index in [4.69, 9.17) is 38.9 Å². The molecule has 5 rings (SSSR count). The average Bonchev–Trinajstić information content (AvgIpc) is 3.81. The standard InChI is InChI=1S/C26H27NO9/c1-30-16-5-15(6-17(8-16)31-2)14-3-4-22-20(7-14)21(9-23(28)34-12-18-10-32-18)24(25(27)36-22)26(29)35-13-19-11-33-19/h3-8,18-19,21H,9-13,27H2,1-2H3. The van der Waals surface area contributed by atoms with Crippen molar-refractivity contribution in [3.05, 3.63) is 53.4 Å². The molecule has 0 radical (unpaired) electrons. The SMILES string of the molecule is COc1cc(OC)cc(-c2ccc3c(c2)C(CC(=O)OCC2CO2)C(C(=O)OCC2CO2)=C(N)O3)c1. The number of benzene rings is 2. The number of carbonyl (C=O) groups is 2. The first kappa shape index (κ1) is 24.0. The van der Waals surface area contributed by atoms with Gasteiger partial charge in [-0.15, -0.1) is 0 Å². The van der Waals surface area contributed by atoms with Gasteiger partial charge in [-0.05, 0) is 35.4 Å². The molecule has 3 atom stereocenters. The van der Waals surface area contributed by atoms with Crippen molar-refractivity contribution in [3.8, 4) is 28.4 Å². The molecule has 36 heavy (non-hydrogen) atoms. The van der Waals surface area contributed by atoms with E-state index in [0.29, 0.717) is 36.0 Å². The number of fused-ring (bicyclic) bond motifs is 1. The lowest BCUT2D eigenvalue weighted by atomic mass is 9.84. The average molecular weight is 498 g/mol. The molecule has 2 aromatic carbocycles. The number of hydrogen-bond acceptors (Lipinski definition) is 10. The number of hydrogen-bond donors (Lipinski definition) is 1. The van der Waals surface area contributed by atoms with Crippen molar-refractivity contribution in [2.24, 2.45) is 5.73 Å². The lowest BCUT2D eigenvalue weighted by molar-refractivity contribution is -0.144. The van der Waals surface area contributed by atoms with Crippen LogP contribution in [0.5, 0.6) is 17.2 Å². The van der Waals surface area contributed by atoms with Crippen LogP contribution in [0.25, 0.3) is 11.1 Å². The highest BCUT2D eigenvalue weighted by molar-refractivity contribution is 5.93. The summed E-state index contributed by atoms with van der Waals surface area (Å²) in [5, 5.41) is 0. The highest BCUT2D eigenvalue weighted by Crippen LogP contribution is 2.43. The first-order chi connectivity index (χ1) is 17.4. The lowest BCUT2D eigenvalue weighted by Gasteiger charge is -2.28. The molecule has 0 aromatic heterocycles. The molecule has 190 valence electrons. The molecule has 3 aliphatic rings. The summed E-state index contributed by atoms with van der Waals surface area (Å²) in [6, 6.07) is 11.0. The van der Waals surface area contributed by atoms with Gasteiger partial charge in [0.05, 0.1) is 33.9 Å². The zero-order valence-corrected chi connectivity index (χ0v) is 20.0. The van der Waals surface area contributed by atoms with E-state index >= 15 is 0 Å². The molecule has 3 heterocycles. The number of rotatable bonds is 10. The van der Waals surface area contributed by atoms with Crippen molar-refractivity contribution in [2.75, 3.05) is 40.6 Å². The molecular formula is C26H27NO9. The normalized spacial score (nSPS) is 21.7. The Balaban J connectivity index is 1.49. The van der Waals surface area contributed by atoms with Gasteiger partial charge in [-0.3, -0.25) is 4.79 Å². The van der Waals surface area contributed by atoms with Gasteiger partial charge in [0.15, 0.2) is 0 Å². The van der Waals surface area contributed by atoms with Crippen LogP contribution in [0.4, 0.5) is 0 Å². The number of epoxide rings is 2. The zero-order chi connectivity index (χ0) is 25.2. The fraction of sp³-hybridized carbons (Fsp3) is 0.385. The predicted octanol–water partition coefficient (Wildman–Crippen LogP) is 2.29. The molecule has 0 bridgehead atoms. The third kappa shape index (κ3) is 5.39. The van der Waals surface area contributed by atoms with E-state index in [1.807, 2.05) is 24.3 Å². The van der Waals surface area contributed by atoms with Crippen molar-refractivity contribution in [3.63, 3.8) is 0 Å². The van der Waals surface area contributed by atoms with E-state index < -0.39 is 17.9 Å². The molecule has 2 aromatic rings. The second kappa shape index (κ2) is 10.1. The first-order valence-electron chi connectivity index (χ1n) is 11.6. The summed E-state index contributed by atoms with van der Waals surface area (Å²) < 4.78 is 37.6. The highest BCUT2D eigenvalue weighted by atomic mass is 16.6. The molecule has 3 unspecified atom stereocenters. The fourth-order valence-electron chi connectivity index (χ4n) is 4.01. The minimum atomic E-state index is -0.735. The van der Waals surface area contributed by atoms with Crippen molar-refractivity contribution >= 4 is 11.9 Å². The van der Waals surface area contributed by atoms with Crippen LogP contribution in [0.1, 0.15) is 17.9 Å². The largest absolute Gasteiger partial charge is 0.497 e. The van der Waals surface area contributed by atoms with Gasteiger partial charge >= 0.3 is 11.9 Å². The maximum absolute atomic E-state index is 13.0. The Morgan fingerprint density at radius 2 is 1.56 bits per heavy atom. The van der Waals surface area contributed by atoms with E-state index in [2.05, 4.69) is 0 Å². The van der Waals surface area contributed by atoms with Crippen LogP contribution in [0.15, 0.2) is 47.9 Å². The molecule has 0 aliphatic carbocycles. The summed E-state index contributed by atoms with van der Waals surface area (Å²) in [5.41, 5.74) is 8.46. The molecule has 2 fully saturated rings. The van der Waals surface area contributed by atoms with Crippen LogP contribution in [0, 0.1) is 0 Å². The van der Waals surface area contributed by atoms with Crippen LogP contribution in [-0.4, -0.2) is 64.8 Å². The molecule has 10 heteroatoms. The van der Waals surface area contributed by atoms with Crippen molar-refractivity contribution < 1.29 is 42.7 Å². The highest BCUT2D eigenvalue weighted by Gasteiger charge is 2.38. The van der Waals surface area contributed by atoms with E-state index in [1.165, 1.54) is 0 Å². The molecule has 0 amide bonds. The number of ether oxygens (including phenoxy) is 7. The quantitative estimate of drug-likeness (QED) is 0.385. The van der Waals surface area contributed by atoms with Crippen LogP contribution < -0.4 is 19.9 Å². The minimum Gasteiger partial charge on any atom is -0.497 e. The van der Waals surface area contributed by atoms with E-state index in [9.17, 15) is 9.59 Å². The topological polar surface area (TPSA) is 131 Å². The summed E-state index contributed by atoms with van der Waals surface area (Å²) in [4.78, 5) is 25.8. The predicted molar refractivity (Wildman–Crippen MR) is 126 cm³/mol. The van der Waals surface area contributed by atoms with Crippen molar-refractivity contribution in [2.45, 2.75) is 24.5 Å². The Hall–Kier alpha value is -3.76. The molecule has 2 N–H and O–H groups in total. The number of carbonyl (C=O) groups excluding carboxylic acids is 2. The maximum atomic E-state index is 13.0. The second-order valence-electron chi connectivity index (χ2n) is 8.68. The van der Waals surface area contributed by atoms with Crippen LogP contribution in [0.3, 0.4) is 0 Å². The van der Waals surface area contributed by atoms with E-state index in [1.54, 1.807) is 26.4 Å². The summed E-state index contributed by atoms with van der Waals surface area (Å²) in [6.45, 7) is 1.36. The van der Waals surface area contributed by atoms with Crippen LogP contribution in [-0.2, 0) is 28.5 Å². The third-order valence-electron chi connectivity index (χ3n) is 6.13. The molecule has 0 saturated carbocycles. The Kier molecular flexibility index (Phi) is 6.71. The number of methoxy groups -OCH3 is 2. The van der Waals surface area contributed by atoms with Gasteiger partial charge in [-0.25, -0.2) is 4.79 Å². The van der Waals surface area contributed by atoms with E-state index in [-0.39, 0.29) is 43.3 Å². The molecule has 0 spiro atoms. The van der Waals surface area contributed by atoms with Gasteiger partial charge in [0.25, 0.3) is 0 Å². The third-order valence-corrected chi connectivity index (χ3v) is 6.13. The monoisotopic (exact) mass is 497 g/mol. The molecule has 3 aliphatic heterocycles. The van der Waals surface area contributed by atoms with Gasteiger partial charge in [0.1, 0.15) is 48.2 Å². The molecular weight excluding hydrogens is 470 g/mol. The summed E-state index contributed by atoms with van der Waals surface area (Å²) in [5.74, 6) is -0.306. The summed E-state index contributed by atoms with van der Waals surface area (Å²) in [7, 11) is 3.15. The van der Waals surface area contributed by atoms with Crippen molar-refractivity contribution in [1.29, 1.82) is 0 Å². The second-order valence-corrected chi connectivity index (χ2v) is 8.68. The summed E-state index contributed by atoms with van der Waals surface area (Å²) >= 11 is 0. The summed E-state index contributed by atoms with van der Waals surface area (Å²) in [6.07, 6.45) is -0.322. The van der Waals surface area contributed by atoms with E-state index in [0.717, 1.165) is 11.1 Å². The van der Waals surface area contributed by atoms with Crippen molar-refractivity contribution in [1.82, 2.24) is 0 Å². The number of esters is 2. The zero-order valence-electron chi connectivity index (χ0n) is 20.0. The number of nitrogens with two attached hydrogens (primary N) is 1. The van der Waals surface area contributed by atoms with Crippen LogP contribution >= 0.6 is 0 Å². The minimum absolute atomic E-state index is 0.0724. The lowest BCUT2D eigenvalue weighted by Crippen LogP contribution is -2.29. The molecule has 10 nitrogen and oxygen atoms in total. The Labute approximate surface area is 207 Å². The Morgan fingerprint density at radius 1 is 0.917 bits per heavy atom. The Morgan fingerprint density at radius 3 is 2.17 bits per heavy atom. The maximum Gasteiger partial charge on any atom is 0.340 e. The van der Waals surface area contributed by atoms with Gasteiger partial charge in [-0.1, -0.05) is 6.07 Å². The van der Waals surface area contributed by atoms with Gasteiger partial charge in [0, 0.05) is 17.5 Å². The smallest absolute Gasteiger partial charge is 0.340 e. The van der Waals surface area contributed by atoms with Gasteiger partial charge in [-0.2, -0.15) is 0 Å². The molecule has 2 saturated heterocycles. The Bertz CT molecular complexity index is 1180. The first-order valence-corrected chi connectivity index (χ1v) is 11.6.